The monoisotopic (exact) mass is 349 g/mol. The van der Waals surface area contributed by atoms with Crippen LogP contribution in [0.5, 0.6) is 0 Å². The Morgan fingerprint density at radius 3 is 2.71 bits per heavy atom. The van der Waals surface area contributed by atoms with Crippen molar-refractivity contribution in [2.45, 2.75) is 5.60 Å². The van der Waals surface area contributed by atoms with Gasteiger partial charge in [-0.3, -0.25) is 4.79 Å². The molecule has 2 N–H and O–H groups in total. The number of carbonyl (C=O) groups excluding carboxylic acids is 1. The summed E-state index contributed by atoms with van der Waals surface area (Å²) < 4.78 is 31.9. The van der Waals surface area contributed by atoms with Crippen LogP contribution in [0.2, 0.25) is 0 Å². The molecule has 0 aliphatic rings. The van der Waals surface area contributed by atoms with E-state index in [2.05, 4.69) is 5.32 Å². The van der Waals surface area contributed by atoms with Gasteiger partial charge in [-0.1, -0.05) is 6.07 Å². The molecule has 1 unspecified atom stereocenters. The third-order valence-corrected chi connectivity index (χ3v) is 4.56. The van der Waals surface area contributed by atoms with E-state index in [9.17, 15) is 18.7 Å². The standard InChI is InChI=1S/C17H13F2NO3S/c18-11-5-6-12(13(19)9-11)16(21)20-10-17(22,14-3-1-7-23-14)15-4-2-8-24-15/h1-9,22H,10H2,(H,20,21). The summed E-state index contributed by atoms with van der Waals surface area (Å²) in [5, 5.41) is 15.2. The van der Waals surface area contributed by atoms with E-state index in [1.165, 1.54) is 17.6 Å². The van der Waals surface area contributed by atoms with Crippen molar-refractivity contribution in [1.82, 2.24) is 5.32 Å². The molecule has 2 aromatic heterocycles. The smallest absolute Gasteiger partial charge is 0.254 e. The highest BCUT2D eigenvalue weighted by molar-refractivity contribution is 7.10. The molecule has 3 rings (SSSR count). The highest BCUT2D eigenvalue weighted by atomic mass is 32.1. The molecule has 2 heterocycles. The first kappa shape index (κ1) is 16.4. The molecule has 0 spiro atoms. The SMILES string of the molecule is O=C(NCC(O)(c1ccco1)c1cccs1)c1ccc(F)cc1F. The fourth-order valence-electron chi connectivity index (χ4n) is 2.30. The highest BCUT2D eigenvalue weighted by Gasteiger charge is 2.36. The Hall–Kier alpha value is -2.51. The molecule has 0 bridgehead atoms. The van der Waals surface area contributed by atoms with Crippen molar-refractivity contribution in [3.63, 3.8) is 0 Å². The van der Waals surface area contributed by atoms with Crippen LogP contribution in [0.15, 0.2) is 58.5 Å². The second-order valence-corrected chi connectivity index (χ2v) is 6.07. The maximum Gasteiger partial charge on any atom is 0.254 e. The van der Waals surface area contributed by atoms with Gasteiger partial charge in [-0.15, -0.1) is 11.3 Å². The number of halogens is 2. The molecule has 24 heavy (non-hydrogen) atoms. The number of nitrogens with one attached hydrogen (secondary N) is 1. The lowest BCUT2D eigenvalue weighted by Gasteiger charge is -2.25. The summed E-state index contributed by atoms with van der Waals surface area (Å²) in [6, 6.07) is 9.35. The van der Waals surface area contributed by atoms with E-state index >= 15 is 0 Å². The molecule has 0 aliphatic carbocycles. The maximum absolute atomic E-state index is 13.7. The number of thiophene rings is 1. The van der Waals surface area contributed by atoms with Crippen LogP contribution in [0.1, 0.15) is 21.0 Å². The molecule has 4 nitrogen and oxygen atoms in total. The second kappa shape index (κ2) is 6.54. The molecule has 0 saturated carbocycles. The van der Waals surface area contributed by atoms with Crippen molar-refractivity contribution in [2.24, 2.45) is 0 Å². The van der Waals surface area contributed by atoms with Crippen LogP contribution in [0.3, 0.4) is 0 Å². The summed E-state index contributed by atoms with van der Waals surface area (Å²) in [4.78, 5) is 12.7. The lowest BCUT2D eigenvalue weighted by molar-refractivity contribution is 0.0553. The average molecular weight is 349 g/mol. The van der Waals surface area contributed by atoms with Crippen LogP contribution in [0.25, 0.3) is 0 Å². The van der Waals surface area contributed by atoms with Gasteiger partial charge in [0, 0.05) is 10.9 Å². The van der Waals surface area contributed by atoms with Crippen LogP contribution < -0.4 is 5.32 Å². The van der Waals surface area contributed by atoms with Gasteiger partial charge in [0.1, 0.15) is 17.4 Å². The molecule has 1 atom stereocenters. The number of aliphatic hydroxyl groups is 1. The van der Waals surface area contributed by atoms with Gasteiger partial charge in [-0.25, -0.2) is 8.78 Å². The predicted octanol–water partition coefficient (Wildman–Crippen LogP) is 3.29. The molecule has 0 radical (unpaired) electrons. The van der Waals surface area contributed by atoms with E-state index in [4.69, 9.17) is 4.42 Å². The Morgan fingerprint density at radius 1 is 1.25 bits per heavy atom. The number of hydrogen-bond donors (Lipinski definition) is 2. The Morgan fingerprint density at radius 2 is 2.08 bits per heavy atom. The molecule has 0 aliphatic heterocycles. The molecule has 0 saturated heterocycles. The van der Waals surface area contributed by atoms with Crippen LogP contribution in [-0.4, -0.2) is 17.6 Å². The van der Waals surface area contributed by atoms with Crippen LogP contribution >= 0.6 is 11.3 Å². The first-order chi connectivity index (χ1) is 11.5. The number of furan rings is 1. The molecular formula is C17H13F2NO3S. The Kier molecular flexibility index (Phi) is 4.46. The van der Waals surface area contributed by atoms with Gasteiger partial charge >= 0.3 is 0 Å². The van der Waals surface area contributed by atoms with Crippen molar-refractivity contribution in [3.05, 3.63) is 81.9 Å². The molecule has 124 valence electrons. The molecule has 0 fully saturated rings. The van der Waals surface area contributed by atoms with Gasteiger partial charge in [-0.2, -0.15) is 0 Å². The summed E-state index contributed by atoms with van der Waals surface area (Å²) in [6.07, 6.45) is 1.41. The average Bonchev–Trinajstić information content (AvgIpc) is 3.25. The minimum atomic E-state index is -1.58. The summed E-state index contributed by atoms with van der Waals surface area (Å²) in [5.74, 6) is -2.24. The van der Waals surface area contributed by atoms with E-state index in [0.717, 1.165) is 12.1 Å². The van der Waals surface area contributed by atoms with Crippen molar-refractivity contribution in [3.8, 4) is 0 Å². The normalized spacial score (nSPS) is 13.5. The number of benzene rings is 1. The molecular weight excluding hydrogens is 336 g/mol. The van der Waals surface area contributed by atoms with E-state index in [1.807, 2.05) is 0 Å². The predicted molar refractivity (Wildman–Crippen MR) is 84.7 cm³/mol. The third-order valence-electron chi connectivity index (χ3n) is 3.54. The first-order valence-corrected chi connectivity index (χ1v) is 7.92. The zero-order valence-electron chi connectivity index (χ0n) is 12.3. The van der Waals surface area contributed by atoms with Crippen molar-refractivity contribution < 1.29 is 23.1 Å². The van der Waals surface area contributed by atoms with E-state index in [0.29, 0.717) is 10.9 Å². The maximum atomic E-state index is 13.7. The Balaban J connectivity index is 1.83. The van der Waals surface area contributed by atoms with Gasteiger partial charge in [0.25, 0.3) is 5.91 Å². The van der Waals surface area contributed by atoms with Crippen molar-refractivity contribution in [1.29, 1.82) is 0 Å². The minimum absolute atomic E-state index is 0.226. The van der Waals surface area contributed by atoms with Gasteiger partial charge in [0.2, 0.25) is 0 Å². The van der Waals surface area contributed by atoms with Gasteiger partial charge < -0.3 is 14.8 Å². The van der Waals surface area contributed by atoms with E-state index < -0.39 is 23.1 Å². The number of rotatable bonds is 5. The zero-order chi connectivity index (χ0) is 17.2. The molecule has 1 aromatic carbocycles. The van der Waals surface area contributed by atoms with Gasteiger partial charge in [0.05, 0.1) is 18.4 Å². The van der Waals surface area contributed by atoms with Crippen molar-refractivity contribution in [2.75, 3.05) is 6.54 Å². The van der Waals surface area contributed by atoms with Crippen LogP contribution in [0, 0.1) is 11.6 Å². The van der Waals surface area contributed by atoms with E-state index in [1.54, 1.807) is 29.6 Å². The molecule has 7 heteroatoms. The Bertz CT molecular complexity index is 797. The largest absolute Gasteiger partial charge is 0.466 e. The number of carbonyl (C=O) groups is 1. The summed E-state index contributed by atoms with van der Waals surface area (Å²) >= 11 is 1.30. The zero-order valence-corrected chi connectivity index (χ0v) is 13.1. The van der Waals surface area contributed by atoms with Gasteiger partial charge in [0.15, 0.2) is 5.60 Å². The summed E-state index contributed by atoms with van der Waals surface area (Å²) in [7, 11) is 0. The van der Waals surface area contributed by atoms with Crippen molar-refractivity contribution >= 4 is 17.2 Å². The molecule has 3 aromatic rings. The van der Waals surface area contributed by atoms with Crippen LogP contribution in [0.4, 0.5) is 8.78 Å². The minimum Gasteiger partial charge on any atom is -0.466 e. The van der Waals surface area contributed by atoms with E-state index in [-0.39, 0.29) is 17.9 Å². The summed E-state index contributed by atoms with van der Waals surface area (Å²) in [6.45, 7) is -0.226. The topological polar surface area (TPSA) is 62.5 Å². The fourth-order valence-corrected chi connectivity index (χ4v) is 3.13. The fraction of sp³-hybridized carbons (Fsp3) is 0.118. The number of amides is 1. The summed E-state index contributed by atoms with van der Waals surface area (Å²) in [5.41, 5.74) is -1.88. The highest BCUT2D eigenvalue weighted by Crippen LogP contribution is 2.32. The van der Waals surface area contributed by atoms with Crippen LogP contribution in [-0.2, 0) is 5.60 Å². The third kappa shape index (κ3) is 3.08. The second-order valence-electron chi connectivity index (χ2n) is 5.12. The number of hydrogen-bond acceptors (Lipinski definition) is 4. The lowest BCUT2D eigenvalue weighted by atomic mass is 9.98. The van der Waals surface area contributed by atoms with Gasteiger partial charge in [-0.05, 0) is 35.7 Å². The molecule has 1 amide bonds. The lowest BCUT2D eigenvalue weighted by Crippen LogP contribution is -2.41. The first-order valence-electron chi connectivity index (χ1n) is 7.04. The Labute approximate surface area is 140 Å². The quantitative estimate of drug-likeness (QED) is 0.743.